The van der Waals surface area contributed by atoms with E-state index in [1.165, 1.54) is 28.4 Å². The molecule has 3 heterocycles. The van der Waals surface area contributed by atoms with Crippen molar-refractivity contribution in [1.29, 1.82) is 0 Å². The fourth-order valence-electron chi connectivity index (χ4n) is 3.30. The third-order valence-electron chi connectivity index (χ3n) is 4.37. The summed E-state index contributed by atoms with van der Waals surface area (Å²) in [7, 11) is 0. The number of carboxylic acids is 1. The number of β-lactam (4-membered cyclic amide) rings is 1. The molecule has 1 fully saturated rings. The molecule has 0 aliphatic carbocycles. The summed E-state index contributed by atoms with van der Waals surface area (Å²) in [5, 5.41) is 20.8. The van der Waals surface area contributed by atoms with E-state index in [2.05, 4.69) is 4.98 Å². The number of aromatic nitrogens is 1. The minimum atomic E-state index is -1.09. The molecule has 0 aromatic carbocycles. The number of rotatable bonds is 6. The largest absolute Gasteiger partial charge is 0.477 e. The van der Waals surface area contributed by atoms with Gasteiger partial charge < -0.3 is 15.1 Å². The zero-order valence-electron chi connectivity index (χ0n) is 13.2. The Labute approximate surface area is 148 Å². The van der Waals surface area contributed by atoms with Crippen molar-refractivity contribution in [3.8, 4) is 0 Å². The number of amides is 1. The van der Waals surface area contributed by atoms with E-state index in [9.17, 15) is 19.8 Å². The summed E-state index contributed by atoms with van der Waals surface area (Å²) in [4.78, 5) is 30.2. The van der Waals surface area contributed by atoms with Crippen molar-refractivity contribution in [2.75, 3.05) is 5.08 Å². The average Bonchev–Trinajstić information content (AvgIpc) is 2.78. The molecule has 128 valence electrons. The van der Waals surface area contributed by atoms with E-state index in [1.54, 1.807) is 13.1 Å². The van der Waals surface area contributed by atoms with E-state index >= 15 is 0 Å². The standard InChI is InChI=1S/C16H18N2O4S2/c1-8-12-11(9(2)19)15(20)18(12)13(16(21)22)14(8)24-7-23-10-5-3-4-6-17-10/h3-6,8-9,11-12,19H,7H2,1-2H3,(H,21,22)/t8-,9-,11-,12-/m1/s1. The number of fused-ring (bicyclic) bond motifs is 1. The van der Waals surface area contributed by atoms with Crippen LogP contribution in [0.15, 0.2) is 40.0 Å². The summed E-state index contributed by atoms with van der Waals surface area (Å²) in [6, 6.07) is 5.38. The zero-order chi connectivity index (χ0) is 17.4. The molecule has 0 bridgehead atoms. The third kappa shape index (κ3) is 2.82. The average molecular weight is 366 g/mol. The first-order valence-corrected chi connectivity index (χ1v) is 9.55. The molecule has 1 aromatic heterocycles. The smallest absolute Gasteiger partial charge is 0.353 e. The normalized spacial score (nSPS) is 27.0. The first-order valence-electron chi connectivity index (χ1n) is 7.58. The van der Waals surface area contributed by atoms with Crippen molar-refractivity contribution in [2.45, 2.75) is 31.0 Å². The summed E-state index contributed by atoms with van der Waals surface area (Å²) < 4.78 is 0. The molecule has 0 unspecified atom stereocenters. The van der Waals surface area contributed by atoms with E-state index in [1.807, 2.05) is 25.1 Å². The Morgan fingerprint density at radius 3 is 2.75 bits per heavy atom. The van der Waals surface area contributed by atoms with Gasteiger partial charge in [0.15, 0.2) is 0 Å². The van der Waals surface area contributed by atoms with Gasteiger partial charge in [0.25, 0.3) is 0 Å². The van der Waals surface area contributed by atoms with Gasteiger partial charge in [0.2, 0.25) is 5.91 Å². The highest BCUT2D eigenvalue weighted by Gasteiger charge is 2.59. The Morgan fingerprint density at radius 2 is 2.17 bits per heavy atom. The van der Waals surface area contributed by atoms with Crippen LogP contribution in [-0.4, -0.2) is 49.2 Å². The first kappa shape index (κ1) is 17.3. The molecular formula is C16H18N2O4S2. The molecular weight excluding hydrogens is 348 g/mol. The highest BCUT2D eigenvalue weighted by atomic mass is 32.2. The van der Waals surface area contributed by atoms with E-state index in [0.29, 0.717) is 9.99 Å². The highest BCUT2D eigenvalue weighted by Crippen LogP contribution is 2.51. The van der Waals surface area contributed by atoms with Gasteiger partial charge in [0.05, 0.1) is 23.1 Å². The van der Waals surface area contributed by atoms with Crippen LogP contribution in [0.2, 0.25) is 0 Å². The van der Waals surface area contributed by atoms with Gasteiger partial charge in [-0.3, -0.25) is 4.79 Å². The number of hydrogen-bond donors (Lipinski definition) is 2. The van der Waals surface area contributed by atoms with Gasteiger partial charge in [-0.25, -0.2) is 9.78 Å². The molecule has 1 aromatic rings. The second-order valence-electron chi connectivity index (χ2n) is 5.85. The Hall–Kier alpha value is -1.51. The van der Waals surface area contributed by atoms with Gasteiger partial charge >= 0.3 is 5.97 Å². The summed E-state index contributed by atoms with van der Waals surface area (Å²) in [6.07, 6.45) is 0.939. The topological polar surface area (TPSA) is 90.7 Å². The lowest BCUT2D eigenvalue weighted by atomic mass is 9.79. The van der Waals surface area contributed by atoms with Gasteiger partial charge in [-0.15, -0.1) is 11.8 Å². The number of aliphatic hydroxyl groups excluding tert-OH is 1. The first-order chi connectivity index (χ1) is 11.4. The summed E-state index contributed by atoms with van der Waals surface area (Å²) >= 11 is 2.96. The van der Waals surface area contributed by atoms with Crippen molar-refractivity contribution in [3.05, 3.63) is 35.0 Å². The van der Waals surface area contributed by atoms with E-state index in [4.69, 9.17) is 0 Å². The lowest BCUT2D eigenvalue weighted by Crippen LogP contribution is -2.63. The fourth-order valence-corrected chi connectivity index (χ4v) is 5.56. The predicted molar refractivity (Wildman–Crippen MR) is 92.2 cm³/mol. The molecule has 0 saturated carbocycles. The fraction of sp³-hybridized carbons (Fsp3) is 0.438. The number of thioether (sulfide) groups is 2. The SMILES string of the molecule is C[C@@H](O)[C@H]1C(=O)N2C(C(=O)O)=C(SCSc3ccccn3)[C@H](C)[C@H]12. The maximum atomic E-state index is 12.2. The lowest BCUT2D eigenvalue weighted by molar-refractivity contribution is -0.163. The van der Waals surface area contributed by atoms with Crippen molar-refractivity contribution < 1.29 is 19.8 Å². The number of aliphatic carboxylic acids is 1. The number of carbonyl (C=O) groups excluding carboxylic acids is 1. The van der Waals surface area contributed by atoms with Gasteiger partial charge in [0.1, 0.15) is 5.70 Å². The minimum Gasteiger partial charge on any atom is -0.477 e. The maximum absolute atomic E-state index is 12.2. The molecule has 2 aliphatic rings. The van der Waals surface area contributed by atoms with Crippen LogP contribution in [0.1, 0.15) is 13.8 Å². The number of nitrogens with zero attached hydrogens (tertiary/aromatic N) is 2. The van der Waals surface area contributed by atoms with E-state index < -0.39 is 18.0 Å². The van der Waals surface area contributed by atoms with Crippen LogP contribution in [0.5, 0.6) is 0 Å². The van der Waals surface area contributed by atoms with Gasteiger partial charge in [-0.2, -0.15) is 0 Å². The Balaban J connectivity index is 1.76. The summed E-state index contributed by atoms with van der Waals surface area (Å²) in [5.74, 6) is -2.00. The van der Waals surface area contributed by atoms with Crippen LogP contribution in [0, 0.1) is 11.8 Å². The highest BCUT2D eigenvalue weighted by molar-refractivity contribution is 8.17. The van der Waals surface area contributed by atoms with Crippen molar-refractivity contribution in [3.63, 3.8) is 0 Å². The zero-order valence-corrected chi connectivity index (χ0v) is 14.9. The quantitative estimate of drug-likeness (QED) is 0.452. The van der Waals surface area contributed by atoms with Crippen LogP contribution in [-0.2, 0) is 9.59 Å². The number of pyridine rings is 1. The molecule has 8 heteroatoms. The van der Waals surface area contributed by atoms with Crippen LogP contribution in [0.3, 0.4) is 0 Å². The molecule has 24 heavy (non-hydrogen) atoms. The molecule has 3 rings (SSSR count). The molecule has 0 radical (unpaired) electrons. The second-order valence-corrected chi connectivity index (χ2v) is 8.22. The van der Waals surface area contributed by atoms with Crippen molar-refractivity contribution in [1.82, 2.24) is 9.88 Å². The van der Waals surface area contributed by atoms with E-state index in [-0.39, 0.29) is 23.6 Å². The molecule has 4 atom stereocenters. The van der Waals surface area contributed by atoms with Crippen LogP contribution < -0.4 is 0 Å². The number of carboxylic acid groups (broad SMARTS) is 1. The molecule has 2 N–H and O–H groups in total. The second kappa shape index (κ2) is 6.78. The lowest BCUT2D eigenvalue weighted by Gasteiger charge is -2.46. The van der Waals surface area contributed by atoms with E-state index in [0.717, 1.165) is 5.03 Å². The molecule has 2 aliphatic heterocycles. The Bertz CT molecular complexity index is 693. The molecule has 1 saturated heterocycles. The molecule has 0 spiro atoms. The molecule has 6 nitrogen and oxygen atoms in total. The summed E-state index contributed by atoms with van der Waals surface area (Å²) in [6.45, 7) is 3.50. The Morgan fingerprint density at radius 1 is 1.42 bits per heavy atom. The number of hydrogen-bond acceptors (Lipinski definition) is 6. The molecule has 1 amide bonds. The van der Waals surface area contributed by atoms with Gasteiger partial charge in [0, 0.05) is 22.1 Å². The Kier molecular flexibility index (Phi) is 4.89. The van der Waals surface area contributed by atoms with Crippen molar-refractivity contribution in [2.24, 2.45) is 11.8 Å². The monoisotopic (exact) mass is 366 g/mol. The van der Waals surface area contributed by atoms with Crippen LogP contribution in [0.25, 0.3) is 0 Å². The number of aliphatic hydroxyl groups is 1. The van der Waals surface area contributed by atoms with Crippen LogP contribution >= 0.6 is 23.5 Å². The van der Waals surface area contributed by atoms with Gasteiger partial charge in [-0.05, 0) is 19.1 Å². The van der Waals surface area contributed by atoms with Crippen LogP contribution in [0.4, 0.5) is 0 Å². The van der Waals surface area contributed by atoms with Gasteiger partial charge in [-0.1, -0.05) is 24.8 Å². The minimum absolute atomic E-state index is 0.0704. The number of carbonyl (C=O) groups is 2. The maximum Gasteiger partial charge on any atom is 0.353 e. The predicted octanol–water partition coefficient (Wildman–Crippen LogP) is 2.02. The van der Waals surface area contributed by atoms with Crippen molar-refractivity contribution >= 4 is 35.4 Å². The third-order valence-corrected chi connectivity index (χ3v) is 6.73. The summed E-state index contributed by atoms with van der Waals surface area (Å²) in [5.41, 5.74) is 0.0704.